The molecule has 1 aromatic rings. The number of alkyl halides is 3. The molecule has 1 aliphatic heterocycles. The van der Waals surface area contributed by atoms with Crippen LogP contribution in [0, 0.1) is 16.2 Å². The van der Waals surface area contributed by atoms with Gasteiger partial charge >= 0.3 is 5.51 Å². The van der Waals surface area contributed by atoms with Crippen LogP contribution in [0.15, 0.2) is 34.1 Å². The Balaban J connectivity index is 2.74. The molecule has 2 rings (SSSR count). The number of hydrogen-bond acceptors (Lipinski definition) is 4. The van der Waals surface area contributed by atoms with E-state index in [1.54, 1.807) is 0 Å². The van der Waals surface area contributed by atoms with Gasteiger partial charge in [0.05, 0.1) is 10.2 Å². The topological polar surface area (TPSA) is 78.4 Å². The Morgan fingerprint density at radius 1 is 1.14 bits per heavy atom. The Morgan fingerprint density at radius 2 is 1.71 bits per heavy atom. The highest BCUT2D eigenvalue weighted by Gasteiger charge is 2.67. The molecular formula is C12H12ClF3O4S. The van der Waals surface area contributed by atoms with Gasteiger partial charge < -0.3 is 0 Å². The maximum atomic E-state index is 13.7. The van der Waals surface area contributed by atoms with Crippen molar-refractivity contribution in [2.75, 3.05) is 0 Å². The molecule has 0 saturated carbocycles. The van der Waals surface area contributed by atoms with Gasteiger partial charge in [-0.2, -0.15) is 27.1 Å². The number of fused-ring (bicyclic) bond motifs is 1. The first-order chi connectivity index (χ1) is 9.49. The fraction of sp³-hybridized carbons (Fsp3) is 0.333. The summed E-state index contributed by atoms with van der Waals surface area (Å²) in [6.45, 7) is 2.98. The number of hydrogen-bond donors (Lipinski definition) is 0. The monoisotopic (exact) mass is 344 g/mol. The van der Waals surface area contributed by atoms with E-state index in [1.165, 1.54) is 38.1 Å². The molecule has 4 nitrogen and oxygen atoms in total. The first-order valence-corrected chi connectivity index (χ1v) is 8.60. The van der Waals surface area contributed by atoms with E-state index in [4.69, 9.17) is 0 Å². The molecule has 0 aliphatic carbocycles. The average molecular weight is 345 g/mol. The molecule has 0 aromatic heterocycles. The molecular weight excluding hydrogens is 333 g/mol. The van der Waals surface area contributed by atoms with Crippen LogP contribution >= 0.6 is 10.3 Å². The van der Waals surface area contributed by atoms with Gasteiger partial charge in [0.15, 0.2) is 10.3 Å². The highest BCUT2D eigenvalue weighted by molar-refractivity contribution is 8.34. The maximum Gasteiger partial charge on any atom is 0.468 e. The molecule has 118 valence electrons. The molecule has 0 bridgehead atoms. The van der Waals surface area contributed by atoms with Crippen molar-refractivity contribution in [2.24, 2.45) is 5.92 Å². The van der Waals surface area contributed by atoms with E-state index in [1.807, 2.05) is 0 Å². The number of allylic oxidation sites excluding steroid dienone is 1. The molecule has 0 fully saturated rings. The summed E-state index contributed by atoms with van der Waals surface area (Å²) >= 11 is 0. The van der Waals surface area contributed by atoms with Gasteiger partial charge in [-0.1, -0.05) is 32.0 Å². The fourth-order valence-electron chi connectivity index (χ4n) is 2.20. The second-order valence-corrected chi connectivity index (χ2v) is 8.43. The van der Waals surface area contributed by atoms with Crippen molar-refractivity contribution in [3.05, 3.63) is 34.7 Å². The van der Waals surface area contributed by atoms with Crippen molar-refractivity contribution in [1.29, 1.82) is 0 Å². The van der Waals surface area contributed by atoms with Crippen LogP contribution in [0.1, 0.15) is 19.4 Å². The van der Waals surface area contributed by atoms with Crippen molar-refractivity contribution < 1.29 is 41.1 Å². The molecule has 1 aliphatic rings. The van der Waals surface area contributed by atoms with E-state index in [0.29, 0.717) is 0 Å². The van der Waals surface area contributed by atoms with Crippen LogP contribution in [0.2, 0.25) is 0 Å². The summed E-state index contributed by atoms with van der Waals surface area (Å²) in [5.74, 6) is -0.633. The average Bonchev–Trinajstić information content (AvgIpc) is 2.63. The highest BCUT2D eigenvalue weighted by Crippen LogP contribution is 2.78. The molecule has 0 saturated heterocycles. The third-order valence-corrected chi connectivity index (χ3v) is 7.19. The van der Waals surface area contributed by atoms with E-state index in [9.17, 15) is 27.1 Å². The minimum atomic E-state index is -5.23. The lowest BCUT2D eigenvalue weighted by molar-refractivity contribution is -1.91. The van der Waals surface area contributed by atoms with Crippen LogP contribution in [-0.2, 0) is 3.74 Å². The predicted octanol–water partition coefficient (Wildman–Crippen LogP) is 1.21. The lowest BCUT2D eigenvalue weighted by atomic mass is 10.1. The normalized spacial score (nSPS) is 25.5. The standard InChI is InChI=1S/C12H12ClF3O4S/c1-8(2)11-7-9-5-3-4-6-10(9)21(11,12(14,15)16)20-13(17,18)19/h3-8H,1-2H3. The van der Waals surface area contributed by atoms with Crippen molar-refractivity contribution in [3.8, 4) is 0 Å². The molecule has 1 unspecified atom stereocenters. The van der Waals surface area contributed by atoms with Crippen LogP contribution in [0.3, 0.4) is 0 Å². The fourth-order valence-corrected chi connectivity index (χ4v) is 6.43. The van der Waals surface area contributed by atoms with Gasteiger partial charge in [-0.3, -0.25) is 0 Å². The minimum Gasteiger partial charge on any atom is -0.182 e. The van der Waals surface area contributed by atoms with E-state index in [-0.39, 0.29) is 15.4 Å². The van der Waals surface area contributed by atoms with Crippen LogP contribution in [0.5, 0.6) is 0 Å². The zero-order chi connectivity index (χ0) is 16.1. The second-order valence-electron chi connectivity index (χ2n) is 4.68. The van der Waals surface area contributed by atoms with Crippen molar-refractivity contribution in [1.82, 2.24) is 0 Å². The third kappa shape index (κ3) is 2.79. The molecule has 1 atom stereocenters. The summed E-state index contributed by atoms with van der Waals surface area (Å²) in [7, 11) is -9.62. The van der Waals surface area contributed by atoms with Crippen molar-refractivity contribution >= 4 is 16.4 Å². The van der Waals surface area contributed by atoms with Gasteiger partial charge in [-0.05, 0) is 23.6 Å². The minimum absolute atomic E-state index is 0.215. The van der Waals surface area contributed by atoms with E-state index >= 15 is 0 Å². The van der Waals surface area contributed by atoms with Gasteiger partial charge in [0.1, 0.15) is 3.74 Å². The molecule has 1 heterocycles. The maximum absolute atomic E-state index is 13.7. The van der Waals surface area contributed by atoms with Gasteiger partial charge in [-0.25, -0.2) is 0 Å². The summed E-state index contributed by atoms with van der Waals surface area (Å²) in [6.07, 6.45) is 1.25. The first-order valence-electron chi connectivity index (χ1n) is 5.81. The second kappa shape index (κ2) is 5.15. The molecule has 0 spiro atoms. The summed E-state index contributed by atoms with van der Waals surface area (Å²) < 4.78 is 77.9. The van der Waals surface area contributed by atoms with Crippen LogP contribution in [0.25, 0.3) is 6.08 Å². The van der Waals surface area contributed by atoms with Crippen molar-refractivity contribution in [2.45, 2.75) is 24.3 Å². The van der Waals surface area contributed by atoms with E-state index in [2.05, 4.69) is 3.74 Å². The molecule has 1 aromatic carbocycles. The summed E-state index contributed by atoms with van der Waals surface area (Å²) in [5, 5.41) is 0. The lowest BCUT2D eigenvalue weighted by Crippen LogP contribution is -2.61. The molecule has 0 radical (unpaired) electrons. The third-order valence-electron chi connectivity index (χ3n) is 2.93. The van der Waals surface area contributed by atoms with Crippen LogP contribution in [0.4, 0.5) is 13.2 Å². The quantitative estimate of drug-likeness (QED) is 0.825. The SMILES string of the molecule is CC(C)C1=Cc2ccccc2S1(O[Cl+3]([O-])([O-])[O-])C(F)(F)F. The summed E-state index contributed by atoms with van der Waals surface area (Å²) in [6, 6.07) is 5.45. The summed E-state index contributed by atoms with van der Waals surface area (Å²) in [5.41, 5.74) is -4.80. The van der Waals surface area contributed by atoms with Crippen molar-refractivity contribution in [3.63, 3.8) is 0 Å². The predicted molar refractivity (Wildman–Crippen MR) is 62.3 cm³/mol. The number of halogens is 4. The van der Waals surface area contributed by atoms with Gasteiger partial charge in [0.2, 0.25) is 0 Å². The van der Waals surface area contributed by atoms with Gasteiger partial charge in [0, 0.05) is 9.80 Å². The Bertz CT molecular complexity index is 583. The van der Waals surface area contributed by atoms with Crippen LogP contribution < -0.4 is 14.0 Å². The Labute approximate surface area is 123 Å². The summed E-state index contributed by atoms with van der Waals surface area (Å²) in [4.78, 5) is -0.545. The first kappa shape index (κ1) is 16.6. The van der Waals surface area contributed by atoms with Gasteiger partial charge in [-0.15, -0.1) is 0 Å². The largest absolute Gasteiger partial charge is 0.468 e. The lowest BCUT2D eigenvalue weighted by Gasteiger charge is -2.35. The smallest absolute Gasteiger partial charge is 0.182 e. The zero-order valence-electron chi connectivity index (χ0n) is 11.0. The molecule has 0 amide bonds. The van der Waals surface area contributed by atoms with Crippen LogP contribution in [-0.4, -0.2) is 5.51 Å². The molecule has 0 N–H and O–H groups in total. The Hall–Kier alpha value is -0.770. The Kier molecular flexibility index (Phi) is 4.07. The van der Waals surface area contributed by atoms with E-state index in [0.717, 1.165) is 6.07 Å². The molecule has 21 heavy (non-hydrogen) atoms. The number of rotatable bonds is 3. The zero-order valence-corrected chi connectivity index (χ0v) is 12.6. The van der Waals surface area contributed by atoms with E-state index < -0.39 is 32.0 Å². The molecule has 9 heteroatoms. The van der Waals surface area contributed by atoms with Gasteiger partial charge in [0.25, 0.3) is 0 Å². The highest BCUT2D eigenvalue weighted by atomic mass is 35.7. The number of benzene rings is 1. The Morgan fingerprint density at radius 3 is 2.19 bits per heavy atom.